The van der Waals surface area contributed by atoms with E-state index in [2.05, 4.69) is 30.6 Å². The molecule has 0 aliphatic carbocycles. The Hall–Kier alpha value is -3.06. The molecule has 1 aliphatic heterocycles. The highest BCUT2D eigenvalue weighted by atomic mass is 79.9. The van der Waals surface area contributed by atoms with Gasteiger partial charge in [0.2, 0.25) is 26.0 Å². The molecule has 1 amide bonds. The van der Waals surface area contributed by atoms with Crippen LogP contribution < -0.4 is 9.44 Å². The Morgan fingerprint density at radius 1 is 1.03 bits per heavy atom. The van der Waals surface area contributed by atoms with Crippen molar-refractivity contribution in [2.24, 2.45) is 0 Å². The summed E-state index contributed by atoms with van der Waals surface area (Å²) in [5, 5.41) is -0.943. The first kappa shape index (κ1) is 24.6. The van der Waals surface area contributed by atoms with E-state index in [0.717, 1.165) is 15.6 Å². The summed E-state index contributed by atoms with van der Waals surface area (Å²) in [4.78, 5) is 19.5. The van der Waals surface area contributed by atoms with Crippen LogP contribution in [0.25, 0.3) is 11.0 Å². The predicted molar refractivity (Wildman–Crippen MR) is 138 cm³/mol. The summed E-state index contributed by atoms with van der Waals surface area (Å²) >= 11 is 3.31. The molecule has 1 fully saturated rings. The number of halogens is 1. The molecular formula is C24H21BrN4O5S2. The maximum absolute atomic E-state index is 13.2. The van der Waals surface area contributed by atoms with Gasteiger partial charge in [0.25, 0.3) is 0 Å². The SMILES string of the molecule is O=C1CC(c2ccc(CC(NS(=O)(=O)c3ccc(Br)cc3)c3nc4ccccc4[nH]3)cc2)S(=O)(=O)N1. The molecule has 2 heterocycles. The fraction of sp³-hybridized carbons (Fsp3) is 0.167. The van der Waals surface area contributed by atoms with Crippen molar-refractivity contribution in [3.63, 3.8) is 0 Å². The summed E-state index contributed by atoms with van der Waals surface area (Å²) < 4.78 is 56.3. The highest BCUT2D eigenvalue weighted by Crippen LogP contribution is 2.31. The minimum atomic E-state index is -3.88. The molecule has 1 aliphatic rings. The van der Waals surface area contributed by atoms with Crippen LogP contribution in [0.2, 0.25) is 0 Å². The third kappa shape index (κ3) is 5.07. The molecule has 5 rings (SSSR count). The molecule has 3 aromatic carbocycles. The van der Waals surface area contributed by atoms with Gasteiger partial charge >= 0.3 is 0 Å². The Bertz CT molecular complexity index is 1620. The summed E-state index contributed by atoms with van der Waals surface area (Å²) in [7, 11) is -7.63. The minimum Gasteiger partial charge on any atom is -0.341 e. The molecule has 0 spiro atoms. The quantitative estimate of drug-likeness (QED) is 0.302. The molecule has 1 aromatic heterocycles. The van der Waals surface area contributed by atoms with Crippen LogP contribution in [0.3, 0.4) is 0 Å². The maximum atomic E-state index is 13.2. The Morgan fingerprint density at radius 2 is 1.72 bits per heavy atom. The van der Waals surface area contributed by atoms with Gasteiger partial charge in [0, 0.05) is 4.47 Å². The highest BCUT2D eigenvalue weighted by Gasteiger charge is 2.37. The zero-order chi connectivity index (χ0) is 25.5. The lowest BCUT2D eigenvalue weighted by molar-refractivity contribution is -0.118. The average Bonchev–Trinajstić information content (AvgIpc) is 3.38. The third-order valence-electron chi connectivity index (χ3n) is 5.95. The maximum Gasteiger partial charge on any atom is 0.242 e. The summed E-state index contributed by atoms with van der Waals surface area (Å²) in [5.41, 5.74) is 2.74. The number of sulfonamides is 2. The first-order valence-corrected chi connectivity index (χ1v) is 14.8. The van der Waals surface area contributed by atoms with Crippen LogP contribution in [-0.4, -0.2) is 32.7 Å². The van der Waals surface area contributed by atoms with Gasteiger partial charge in [-0.1, -0.05) is 52.3 Å². The second kappa shape index (κ2) is 9.43. The molecule has 36 heavy (non-hydrogen) atoms. The number of nitrogens with zero attached hydrogens (tertiary/aromatic N) is 1. The third-order valence-corrected chi connectivity index (χ3v) is 9.67. The van der Waals surface area contributed by atoms with Gasteiger partial charge < -0.3 is 4.98 Å². The average molecular weight is 589 g/mol. The smallest absolute Gasteiger partial charge is 0.242 e. The van der Waals surface area contributed by atoms with Gasteiger partial charge in [0.1, 0.15) is 11.1 Å². The number of hydrogen-bond donors (Lipinski definition) is 3. The van der Waals surface area contributed by atoms with Gasteiger partial charge in [0.15, 0.2) is 0 Å². The van der Waals surface area contributed by atoms with Crippen molar-refractivity contribution in [2.45, 2.75) is 29.0 Å². The van der Waals surface area contributed by atoms with E-state index in [0.29, 0.717) is 16.9 Å². The molecular weight excluding hydrogens is 568 g/mol. The summed E-state index contributed by atoms with van der Waals surface area (Å²) in [6.07, 6.45) is 0.126. The van der Waals surface area contributed by atoms with Gasteiger partial charge in [-0.05, 0) is 53.9 Å². The molecule has 1 saturated heterocycles. The number of para-hydroxylation sites is 2. The van der Waals surface area contributed by atoms with Crippen LogP contribution >= 0.6 is 15.9 Å². The number of aromatic amines is 1. The predicted octanol–water partition coefficient (Wildman–Crippen LogP) is 3.48. The number of H-pyrrole nitrogens is 1. The number of fused-ring (bicyclic) bond motifs is 1. The van der Waals surface area contributed by atoms with Crippen LogP contribution in [-0.2, 0) is 31.3 Å². The van der Waals surface area contributed by atoms with Gasteiger partial charge in [0.05, 0.1) is 28.4 Å². The van der Waals surface area contributed by atoms with Crippen LogP contribution in [0, 0.1) is 0 Å². The first-order valence-electron chi connectivity index (χ1n) is 11.0. The lowest BCUT2D eigenvalue weighted by Gasteiger charge is -2.18. The van der Waals surface area contributed by atoms with Crippen LogP contribution in [0.15, 0.2) is 82.2 Å². The molecule has 0 bridgehead atoms. The molecule has 0 saturated carbocycles. The molecule has 2 atom stereocenters. The number of aromatic nitrogens is 2. The molecule has 3 N–H and O–H groups in total. The Labute approximate surface area is 216 Å². The Balaban J connectivity index is 1.46. The number of hydrogen-bond acceptors (Lipinski definition) is 6. The Kier molecular flexibility index (Phi) is 6.45. The number of nitrogens with one attached hydrogen (secondary N) is 3. The van der Waals surface area contributed by atoms with Crippen molar-refractivity contribution in [3.8, 4) is 0 Å². The lowest BCUT2D eigenvalue weighted by Crippen LogP contribution is -2.31. The van der Waals surface area contributed by atoms with E-state index in [1.165, 1.54) is 12.1 Å². The monoisotopic (exact) mass is 588 g/mol. The number of carbonyl (C=O) groups excluding carboxylic acids is 1. The molecule has 4 aromatic rings. The second-order valence-corrected chi connectivity index (χ2v) is 13.0. The minimum absolute atomic E-state index is 0.116. The Morgan fingerprint density at radius 3 is 2.36 bits per heavy atom. The zero-order valence-electron chi connectivity index (χ0n) is 18.7. The number of rotatable bonds is 7. The molecule has 0 radical (unpaired) electrons. The second-order valence-electron chi connectivity index (χ2n) is 8.48. The number of carbonyl (C=O) groups is 1. The van der Waals surface area contributed by atoms with E-state index in [-0.39, 0.29) is 17.7 Å². The number of amides is 1. The van der Waals surface area contributed by atoms with Gasteiger partial charge in [-0.15, -0.1) is 0 Å². The van der Waals surface area contributed by atoms with E-state index in [1.54, 1.807) is 36.4 Å². The molecule has 9 nitrogen and oxygen atoms in total. The lowest BCUT2D eigenvalue weighted by atomic mass is 10.0. The van der Waals surface area contributed by atoms with Crippen molar-refractivity contribution in [3.05, 3.63) is 94.2 Å². The van der Waals surface area contributed by atoms with Gasteiger partial charge in [-0.3, -0.25) is 9.52 Å². The van der Waals surface area contributed by atoms with Crippen molar-refractivity contribution < 1.29 is 21.6 Å². The van der Waals surface area contributed by atoms with E-state index in [4.69, 9.17) is 0 Å². The van der Waals surface area contributed by atoms with Crippen molar-refractivity contribution in [1.82, 2.24) is 19.4 Å². The van der Waals surface area contributed by atoms with Crippen LogP contribution in [0.4, 0.5) is 0 Å². The van der Waals surface area contributed by atoms with Gasteiger partial charge in [-0.2, -0.15) is 0 Å². The summed E-state index contributed by atoms with van der Waals surface area (Å²) in [5.74, 6) is -0.0782. The van der Waals surface area contributed by atoms with E-state index >= 15 is 0 Å². The zero-order valence-corrected chi connectivity index (χ0v) is 21.9. The molecule has 12 heteroatoms. The normalized spacial score (nSPS) is 18.2. The number of benzene rings is 3. The topological polar surface area (TPSA) is 138 Å². The van der Waals surface area contributed by atoms with Crippen LogP contribution in [0.1, 0.15) is 34.7 Å². The molecule has 2 unspecified atom stereocenters. The number of imidazole rings is 1. The van der Waals surface area contributed by atoms with Crippen molar-refractivity contribution >= 4 is 52.9 Å². The van der Waals surface area contributed by atoms with E-state index < -0.39 is 37.2 Å². The fourth-order valence-electron chi connectivity index (χ4n) is 4.15. The highest BCUT2D eigenvalue weighted by molar-refractivity contribution is 9.10. The van der Waals surface area contributed by atoms with Crippen molar-refractivity contribution in [1.29, 1.82) is 0 Å². The van der Waals surface area contributed by atoms with Crippen LogP contribution in [0.5, 0.6) is 0 Å². The van der Waals surface area contributed by atoms with Crippen molar-refractivity contribution in [2.75, 3.05) is 0 Å². The van der Waals surface area contributed by atoms with E-state index in [1.807, 2.05) is 29.0 Å². The molecule has 186 valence electrons. The van der Waals surface area contributed by atoms with E-state index in [9.17, 15) is 21.6 Å². The largest absolute Gasteiger partial charge is 0.341 e. The summed E-state index contributed by atoms with van der Waals surface area (Å²) in [6.45, 7) is 0. The van der Waals surface area contributed by atoms with Gasteiger partial charge in [-0.25, -0.2) is 26.5 Å². The standard InChI is InChI=1S/C24H21BrN4O5S2/c25-17-9-11-18(12-10-17)35(31,32)28-21(24-26-19-3-1-2-4-20(19)27-24)13-15-5-7-16(8-6-15)22-14-23(30)29-36(22,33)34/h1-12,21-22,28H,13-14H2,(H,26,27)(H,29,30). The summed E-state index contributed by atoms with van der Waals surface area (Å²) in [6, 6.07) is 19.8. The first-order chi connectivity index (χ1) is 17.1. The fourth-order valence-corrected chi connectivity index (χ4v) is 7.04.